The molecule has 0 saturated carbocycles. The fraction of sp³-hybridized carbons (Fsp3) is 0.136. The number of anilines is 1. The lowest BCUT2D eigenvalue weighted by atomic mass is 10.2. The largest absolute Gasteiger partial charge is 0.481 e. The molecule has 1 heterocycles. The Hall–Kier alpha value is -3.65. The maximum Gasteiger partial charge on any atom is 0.269 e. The summed E-state index contributed by atoms with van der Waals surface area (Å²) in [5.41, 5.74) is 1.54. The van der Waals surface area contributed by atoms with Gasteiger partial charge in [-0.2, -0.15) is 5.26 Å². The molecule has 3 aromatic rings. The zero-order chi connectivity index (χ0) is 19.1. The number of pyridine rings is 1. The second-order valence-corrected chi connectivity index (χ2v) is 5.99. The molecule has 27 heavy (non-hydrogen) atoms. The normalized spacial score (nSPS) is 11.3. The van der Waals surface area contributed by atoms with E-state index in [2.05, 4.69) is 11.1 Å². The molecule has 1 amide bonds. The molecule has 5 heteroatoms. The molecule has 134 valence electrons. The summed E-state index contributed by atoms with van der Waals surface area (Å²) in [5.74, 6) is 0.916. The molecular formula is C22H19N3O2. The lowest BCUT2D eigenvalue weighted by Gasteiger charge is -2.25. The van der Waals surface area contributed by atoms with Crippen LogP contribution in [0.5, 0.6) is 5.75 Å². The van der Waals surface area contributed by atoms with Crippen LogP contribution in [0.4, 0.5) is 5.82 Å². The van der Waals surface area contributed by atoms with E-state index < -0.39 is 6.10 Å². The number of nitrogens with zero attached hydrogens (tertiary/aromatic N) is 3. The predicted octanol–water partition coefficient (Wildman–Crippen LogP) is 3.95. The first kappa shape index (κ1) is 18.2. The third-order valence-corrected chi connectivity index (χ3v) is 4.02. The average molecular weight is 357 g/mol. The number of nitriles is 1. The van der Waals surface area contributed by atoms with E-state index in [0.29, 0.717) is 23.7 Å². The van der Waals surface area contributed by atoms with Crippen molar-refractivity contribution in [3.8, 4) is 11.8 Å². The Morgan fingerprint density at radius 3 is 2.41 bits per heavy atom. The number of ether oxygens (including phenoxy) is 1. The first-order chi connectivity index (χ1) is 13.2. The summed E-state index contributed by atoms with van der Waals surface area (Å²) < 4.78 is 5.79. The van der Waals surface area contributed by atoms with E-state index in [1.165, 1.54) is 0 Å². The van der Waals surface area contributed by atoms with E-state index >= 15 is 0 Å². The maximum atomic E-state index is 13.1. The Kier molecular flexibility index (Phi) is 5.80. The van der Waals surface area contributed by atoms with Gasteiger partial charge >= 0.3 is 0 Å². The minimum absolute atomic E-state index is 0.193. The van der Waals surface area contributed by atoms with Crippen LogP contribution >= 0.6 is 0 Å². The number of hydrogen-bond acceptors (Lipinski definition) is 4. The van der Waals surface area contributed by atoms with Gasteiger partial charge in [-0.05, 0) is 48.9 Å². The van der Waals surface area contributed by atoms with Crippen LogP contribution in [0.3, 0.4) is 0 Å². The van der Waals surface area contributed by atoms with Gasteiger partial charge in [-0.15, -0.1) is 0 Å². The highest BCUT2D eigenvalue weighted by Gasteiger charge is 2.24. The van der Waals surface area contributed by atoms with Crippen LogP contribution in [0, 0.1) is 11.3 Å². The Morgan fingerprint density at radius 1 is 1.07 bits per heavy atom. The summed E-state index contributed by atoms with van der Waals surface area (Å²) in [6.07, 6.45) is 0.955. The molecule has 1 atom stereocenters. The van der Waals surface area contributed by atoms with Crippen molar-refractivity contribution >= 4 is 11.7 Å². The van der Waals surface area contributed by atoms with Gasteiger partial charge in [0.15, 0.2) is 6.10 Å². The standard InChI is InChI=1S/C22H19N3O2/c1-17(27-20-12-10-18(15-23)11-13-20)22(26)25(21-9-5-6-14-24-21)16-19-7-3-2-4-8-19/h2-14,17H,16H2,1H3/t17-/m0/s1. The molecule has 0 radical (unpaired) electrons. The molecule has 0 aliphatic carbocycles. The van der Waals surface area contributed by atoms with Crippen molar-refractivity contribution in [2.45, 2.75) is 19.6 Å². The van der Waals surface area contributed by atoms with Gasteiger partial charge in [0.1, 0.15) is 11.6 Å². The van der Waals surface area contributed by atoms with Crippen LogP contribution in [0.2, 0.25) is 0 Å². The number of hydrogen-bond donors (Lipinski definition) is 0. The minimum Gasteiger partial charge on any atom is -0.481 e. The van der Waals surface area contributed by atoms with E-state index in [4.69, 9.17) is 10.00 Å². The number of amides is 1. The van der Waals surface area contributed by atoms with Gasteiger partial charge in [0.25, 0.3) is 5.91 Å². The van der Waals surface area contributed by atoms with Gasteiger partial charge in [-0.25, -0.2) is 4.98 Å². The highest BCUT2D eigenvalue weighted by Crippen LogP contribution is 2.19. The van der Waals surface area contributed by atoms with Crippen molar-refractivity contribution in [2.75, 3.05) is 4.90 Å². The quantitative estimate of drug-likeness (QED) is 0.670. The van der Waals surface area contributed by atoms with Crippen LogP contribution in [-0.4, -0.2) is 17.0 Å². The van der Waals surface area contributed by atoms with E-state index in [1.54, 1.807) is 48.4 Å². The molecule has 0 fully saturated rings. The Balaban J connectivity index is 1.80. The SMILES string of the molecule is C[C@H](Oc1ccc(C#N)cc1)C(=O)N(Cc1ccccc1)c1ccccn1. The summed E-state index contributed by atoms with van der Waals surface area (Å²) in [4.78, 5) is 19.0. The van der Waals surface area contributed by atoms with Crippen molar-refractivity contribution < 1.29 is 9.53 Å². The van der Waals surface area contributed by atoms with Gasteiger partial charge in [0.2, 0.25) is 0 Å². The predicted molar refractivity (Wildman–Crippen MR) is 103 cm³/mol. The summed E-state index contributed by atoms with van der Waals surface area (Å²) in [7, 11) is 0. The highest BCUT2D eigenvalue weighted by molar-refractivity contribution is 5.95. The molecule has 0 saturated heterocycles. The number of aromatic nitrogens is 1. The maximum absolute atomic E-state index is 13.1. The lowest BCUT2D eigenvalue weighted by Crippen LogP contribution is -2.40. The van der Waals surface area contributed by atoms with Crippen LogP contribution in [0.1, 0.15) is 18.1 Å². The fourth-order valence-electron chi connectivity index (χ4n) is 2.63. The molecule has 1 aromatic heterocycles. The van der Waals surface area contributed by atoms with Crippen LogP contribution in [0.15, 0.2) is 79.0 Å². The van der Waals surface area contributed by atoms with E-state index in [-0.39, 0.29) is 5.91 Å². The first-order valence-electron chi connectivity index (χ1n) is 8.60. The Labute approximate surface area is 158 Å². The summed E-state index contributed by atoms with van der Waals surface area (Å²) >= 11 is 0. The van der Waals surface area contributed by atoms with Crippen LogP contribution in [-0.2, 0) is 11.3 Å². The Bertz CT molecular complexity index is 919. The molecule has 0 spiro atoms. The zero-order valence-electron chi connectivity index (χ0n) is 14.9. The highest BCUT2D eigenvalue weighted by atomic mass is 16.5. The number of carbonyl (C=O) groups excluding carboxylic acids is 1. The first-order valence-corrected chi connectivity index (χ1v) is 8.60. The lowest BCUT2D eigenvalue weighted by molar-refractivity contribution is -0.124. The van der Waals surface area contributed by atoms with Crippen LogP contribution < -0.4 is 9.64 Å². The summed E-state index contributed by atoms with van der Waals surface area (Å²) in [6.45, 7) is 2.11. The van der Waals surface area contributed by atoms with Crippen molar-refractivity contribution in [2.24, 2.45) is 0 Å². The third kappa shape index (κ3) is 4.71. The third-order valence-electron chi connectivity index (χ3n) is 4.02. The number of rotatable bonds is 6. The second-order valence-electron chi connectivity index (χ2n) is 5.99. The zero-order valence-corrected chi connectivity index (χ0v) is 14.9. The fourth-order valence-corrected chi connectivity index (χ4v) is 2.63. The van der Waals surface area contributed by atoms with Gasteiger partial charge in [-0.3, -0.25) is 9.69 Å². The molecule has 0 aliphatic heterocycles. The monoisotopic (exact) mass is 357 g/mol. The van der Waals surface area contributed by atoms with Gasteiger partial charge in [-0.1, -0.05) is 36.4 Å². The molecule has 5 nitrogen and oxygen atoms in total. The van der Waals surface area contributed by atoms with Gasteiger partial charge in [0.05, 0.1) is 18.2 Å². The Morgan fingerprint density at radius 2 is 1.78 bits per heavy atom. The summed E-state index contributed by atoms with van der Waals surface area (Å²) in [5, 5.41) is 8.88. The number of carbonyl (C=O) groups is 1. The second kappa shape index (κ2) is 8.63. The van der Waals surface area contributed by atoms with Crippen molar-refractivity contribution in [3.63, 3.8) is 0 Å². The molecule has 0 bridgehead atoms. The average Bonchev–Trinajstić information content (AvgIpc) is 2.73. The van der Waals surface area contributed by atoms with E-state index in [1.807, 2.05) is 42.5 Å². The molecule has 2 aromatic carbocycles. The van der Waals surface area contributed by atoms with Crippen molar-refractivity contribution in [1.29, 1.82) is 5.26 Å². The minimum atomic E-state index is -0.705. The van der Waals surface area contributed by atoms with Gasteiger partial charge < -0.3 is 4.74 Å². The summed E-state index contributed by atoms with van der Waals surface area (Å²) in [6, 6.07) is 24.0. The number of benzene rings is 2. The molecular weight excluding hydrogens is 338 g/mol. The van der Waals surface area contributed by atoms with Crippen molar-refractivity contribution in [1.82, 2.24) is 4.98 Å². The molecule has 0 N–H and O–H groups in total. The smallest absolute Gasteiger partial charge is 0.269 e. The molecule has 0 aliphatic rings. The van der Waals surface area contributed by atoms with E-state index in [9.17, 15) is 4.79 Å². The molecule has 0 unspecified atom stereocenters. The van der Waals surface area contributed by atoms with Gasteiger partial charge in [0, 0.05) is 6.20 Å². The topological polar surface area (TPSA) is 66.2 Å². The van der Waals surface area contributed by atoms with E-state index in [0.717, 1.165) is 5.56 Å². The van der Waals surface area contributed by atoms with Crippen molar-refractivity contribution in [3.05, 3.63) is 90.1 Å². The molecule has 3 rings (SSSR count). The van der Waals surface area contributed by atoms with Crippen LogP contribution in [0.25, 0.3) is 0 Å².